The number of halogens is 4. The smallest absolute Gasteiger partial charge is 0.368 e. The lowest BCUT2D eigenvalue weighted by Gasteiger charge is -2.16. The monoisotopic (exact) mass is 439 g/mol. The standard InChI is InChI=1S/C19H13ClF3N3S2/c20-15-9-11(26-28-19(21,22)23)5-6-14(15)17-10-27-18(25-17)13-7-8-24-16-4-2-1-3-12(13)16/h1-10,18,25-26H. The van der Waals surface area contributed by atoms with Gasteiger partial charge < -0.3 is 10.0 Å². The van der Waals surface area contributed by atoms with Gasteiger partial charge in [-0.3, -0.25) is 4.98 Å². The molecule has 3 aromatic rings. The molecule has 0 fully saturated rings. The van der Waals surface area contributed by atoms with Gasteiger partial charge in [-0.25, -0.2) is 0 Å². The van der Waals surface area contributed by atoms with Crippen molar-refractivity contribution in [2.24, 2.45) is 0 Å². The number of nitrogens with one attached hydrogen (secondary N) is 2. The Morgan fingerprint density at radius 2 is 1.96 bits per heavy atom. The number of benzene rings is 2. The number of aromatic nitrogens is 1. The lowest BCUT2D eigenvalue weighted by atomic mass is 10.1. The molecular weight excluding hydrogens is 427 g/mol. The number of thioether (sulfide) groups is 1. The number of nitrogens with zero attached hydrogens (tertiary/aromatic N) is 1. The van der Waals surface area contributed by atoms with E-state index in [9.17, 15) is 13.2 Å². The van der Waals surface area contributed by atoms with Crippen molar-refractivity contribution in [1.82, 2.24) is 10.3 Å². The highest BCUT2D eigenvalue weighted by Crippen LogP contribution is 2.41. The third-order valence-electron chi connectivity index (χ3n) is 4.12. The third kappa shape index (κ3) is 4.19. The molecule has 3 nitrogen and oxygen atoms in total. The van der Waals surface area contributed by atoms with Crippen LogP contribution < -0.4 is 10.0 Å². The zero-order valence-corrected chi connectivity index (χ0v) is 16.5. The molecule has 1 unspecified atom stereocenters. The second kappa shape index (κ2) is 7.77. The van der Waals surface area contributed by atoms with Gasteiger partial charge in [0.1, 0.15) is 5.37 Å². The molecule has 0 radical (unpaired) electrons. The summed E-state index contributed by atoms with van der Waals surface area (Å²) in [4.78, 5) is 4.38. The molecule has 0 saturated carbocycles. The van der Waals surface area contributed by atoms with E-state index >= 15 is 0 Å². The van der Waals surface area contributed by atoms with Crippen molar-refractivity contribution in [3.63, 3.8) is 0 Å². The Kier molecular flexibility index (Phi) is 5.35. The van der Waals surface area contributed by atoms with Gasteiger partial charge in [-0.15, -0.1) is 11.8 Å². The minimum absolute atomic E-state index is 0.00227. The Bertz CT molecular complexity index is 1050. The van der Waals surface area contributed by atoms with E-state index in [1.807, 2.05) is 35.7 Å². The summed E-state index contributed by atoms with van der Waals surface area (Å²) in [6.45, 7) is 0. The van der Waals surface area contributed by atoms with Crippen molar-refractivity contribution in [2.45, 2.75) is 10.9 Å². The van der Waals surface area contributed by atoms with Gasteiger partial charge in [-0.05, 0) is 41.3 Å². The normalized spacial score (nSPS) is 16.7. The molecule has 1 aromatic heterocycles. The lowest BCUT2D eigenvalue weighted by molar-refractivity contribution is -0.0323. The summed E-state index contributed by atoms with van der Waals surface area (Å²) in [7, 11) is 0. The minimum atomic E-state index is -4.36. The van der Waals surface area contributed by atoms with Crippen molar-refractivity contribution in [1.29, 1.82) is 0 Å². The molecule has 2 N–H and O–H groups in total. The molecule has 28 heavy (non-hydrogen) atoms. The molecule has 4 rings (SSSR count). The van der Waals surface area contributed by atoms with Crippen molar-refractivity contribution in [2.75, 3.05) is 4.72 Å². The number of pyridine rings is 1. The van der Waals surface area contributed by atoms with E-state index in [1.165, 1.54) is 6.07 Å². The summed E-state index contributed by atoms with van der Waals surface area (Å²) in [6.07, 6.45) is 1.78. The molecule has 1 atom stereocenters. The Morgan fingerprint density at radius 3 is 2.75 bits per heavy atom. The van der Waals surface area contributed by atoms with E-state index < -0.39 is 5.51 Å². The Balaban J connectivity index is 1.52. The quantitative estimate of drug-likeness (QED) is 0.437. The van der Waals surface area contributed by atoms with E-state index in [4.69, 9.17) is 11.6 Å². The van der Waals surface area contributed by atoms with Crippen LogP contribution >= 0.6 is 35.3 Å². The molecule has 1 aliphatic heterocycles. The van der Waals surface area contributed by atoms with Crippen LogP contribution in [0.25, 0.3) is 16.6 Å². The molecule has 0 aliphatic carbocycles. The Morgan fingerprint density at radius 1 is 1.14 bits per heavy atom. The molecular formula is C19H13ClF3N3S2. The van der Waals surface area contributed by atoms with Gasteiger partial charge >= 0.3 is 5.51 Å². The average molecular weight is 440 g/mol. The number of hydrogen-bond acceptors (Lipinski definition) is 5. The van der Waals surface area contributed by atoms with Crippen molar-refractivity contribution < 1.29 is 13.2 Å². The van der Waals surface area contributed by atoms with E-state index in [-0.39, 0.29) is 17.3 Å². The first-order valence-electron chi connectivity index (χ1n) is 8.17. The summed E-state index contributed by atoms with van der Waals surface area (Å²) in [5.41, 5.74) is -0.477. The summed E-state index contributed by atoms with van der Waals surface area (Å²) in [5.74, 6) is 0. The Labute approximate surface area is 172 Å². The van der Waals surface area contributed by atoms with Crippen molar-refractivity contribution in [3.05, 3.63) is 76.3 Å². The van der Waals surface area contributed by atoms with Crippen LogP contribution in [0.15, 0.2) is 60.1 Å². The van der Waals surface area contributed by atoms with Gasteiger partial charge in [-0.1, -0.05) is 29.8 Å². The van der Waals surface area contributed by atoms with Crippen LogP contribution in [0, 0.1) is 0 Å². The van der Waals surface area contributed by atoms with Crippen molar-refractivity contribution >= 4 is 57.6 Å². The maximum absolute atomic E-state index is 12.3. The molecule has 2 aromatic carbocycles. The zero-order valence-electron chi connectivity index (χ0n) is 14.1. The maximum Gasteiger partial charge on any atom is 0.461 e. The van der Waals surface area contributed by atoms with Crippen LogP contribution in [0.4, 0.5) is 18.9 Å². The van der Waals surface area contributed by atoms with E-state index in [0.29, 0.717) is 10.7 Å². The first-order chi connectivity index (χ1) is 13.4. The number of rotatable bonds is 4. The number of para-hydroxylation sites is 1. The van der Waals surface area contributed by atoms with E-state index in [0.717, 1.165) is 27.7 Å². The second-order valence-corrected chi connectivity index (χ2v) is 8.21. The van der Waals surface area contributed by atoms with Gasteiger partial charge in [0.15, 0.2) is 0 Å². The third-order valence-corrected chi connectivity index (χ3v) is 6.02. The van der Waals surface area contributed by atoms with Crippen molar-refractivity contribution in [3.8, 4) is 0 Å². The summed E-state index contributed by atoms with van der Waals surface area (Å²) < 4.78 is 39.2. The predicted octanol–water partition coefficient (Wildman–Crippen LogP) is 6.80. The van der Waals surface area contributed by atoms with Crippen LogP contribution in [0.1, 0.15) is 16.5 Å². The first kappa shape index (κ1) is 19.3. The van der Waals surface area contributed by atoms with Crippen LogP contribution in [0.5, 0.6) is 0 Å². The molecule has 9 heteroatoms. The van der Waals surface area contributed by atoms with E-state index in [1.54, 1.807) is 30.1 Å². The fraction of sp³-hybridized carbons (Fsp3) is 0.105. The van der Waals surface area contributed by atoms with Crippen LogP contribution in [0.2, 0.25) is 5.02 Å². The van der Waals surface area contributed by atoms with Crippen LogP contribution in [-0.2, 0) is 0 Å². The molecule has 2 heterocycles. The van der Waals surface area contributed by atoms with Crippen LogP contribution in [0.3, 0.4) is 0 Å². The van der Waals surface area contributed by atoms with Crippen LogP contribution in [-0.4, -0.2) is 10.5 Å². The molecule has 0 saturated heterocycles. The SMILES string of the molecule is FC(F)(F)SNc1ccc(C2=CSC(c3ccnc4ccccc34)N2)c(Cl)c1. The average Bonchev–Trinajstić information content (AvgIpc) is 3.15. The first-order valence-corrected chi connectivity index (χ1v) is 10.3. The summed E-state index contributed by atoms with van der Waals surface area (Å²) in [5, 5.41) is 6.84. The molecule has 144 valence electrons. The molecule has 1 aliphatic rings. The lowest BCUT2D eigenvalue weighted by Crippen LogP contribution is -2.13. The largest absolute Gasteiger partial charge is 0.461 e. The topological polar surface area (TPSA) is 37.0 Å². The number of anilines is 1. The molecule has 0 spiro atoms. The van der Waals surface area contributed by atoms with Gasteiger partial charge in [0.05, 0.1) is 28.2 Å². The molecule has 0 bridgehead atoms. The van der Waals surface area contributed by atoms with Gasteiger partial charge in [0.25, 0.3) is 0 Å². The number of alkyl halides is 3. The van der Waals surface area contributed by atoms with E-state index in [2.05, 4.69) is 15.0 Å². The highest BCUT2D eigenvalue weighted by atomic mass is 35.5. The highest BCUT2D eigenvalue weighted by molar-refractivity contribution is 8.02. The minimum Gasteiger partial charge on any atom is -0.368 e. The summed E-state index contributed by atoms with van der Waals surface area (Å²) >= 11 is 7.61. The number of fused-ring (bicyclic) bond motifs is 1. The Hall–Kier alpha value is -2.03. The zero-order chi connectivity index (χ0) is 19.7. The molecule has 0 amide bonds. The van der Waals surface area contributed by atoms with Gasteiger partial charge in [0.2, 0.25) is 0 Å². The van der Waals surface area contributed by atoms with Gasteiger partial charge in [-0.2, -0.15) is 13.2 Å². The predicted molar refractivity (Wildman–Crippen MR) is 112 cm³/mol. The second-order valence-electron chi connectivity index (χ2n) is 5.95. The fourth-order valence-corrected chi connectivity index (χ4v) is 4.56. The number of hydrogen-bond donors (Lipinski definition) is 2. The highest BCUT2D eigenvalue weighted by Gasteiger charge is 2.29. The fourth-order valence-electron chi connectivity index (χ4n) is 2.90. The maximum atomic E-state index is 12.3. The summed E-state index contributed by atoms with van der Waals surface area (Å²) in [6, 6.07) is 14.7. The van der Waals surface area contributed by atoms with Gasteiger partial charge in [0, 0.05) is 22.8 Å².